The maximum atomic E-state index is 6.08. The average molecular weight is 262 g/mol. The van der Waals surface area contributed by atoms with Crippen LogP contribution in [0.5, 0.6) is 0 Å². The first kappa shape index (κ1) is 12.8. The zero-order chi connectivity index (χ0) is 13.1. The number of hydrogen-bond acceptors (Lipinski definition) is 3. The molecule has 1 aromatic carbocycles. The molecule has 2 rings (SSSR count). The predicted molar refractivity (Wildman–Crippen MR) is 75.6 cm³/mol. The Bertz CT molecular complexity index is 567. The summed E-state index contributed by atoms with van der Waals surface area (Å²) in [6.45, 7) is 6.22. The first-order valence-corrected chi connectivity index (χ1v) is 6.34. The molecule has 0 radical (unpaired) electrons. The van der Waals surface area contributed by atoms with Crippen LogP contribution in [-0.2, 0) is 6.42 Å². The minimum absolute atomic E-state index is 0.514. The molecule has 0 saturated carbocycles. The highest BCUT2D eigenvalue weighted by molar-refractivity contribution is 6.30. The van der Waals surface area contributed by atoms with Crippen molar-refractivity contribution in [2.45, 2.75) is 27.2 Å². The van der Waals surface area contributed by atoms with E-state index in [1.165, 1.54) is 17.5 Å². The van der Waals surface area contributed by atoms with Gasteiger partial charge in [-0.05, 0) is 37.5 Å². The van der Waals surface area contributed by atoms with E-state index in [4.69, 9.17) is 11.6 Å². The van der Waals surface area contributed by atoms with Crippen LogP contribution < -0.4 is 5.32 Å². The molecule has 0 aliphatic rings. The van der Waals surface area contributed by atoms with Crippen LogP contribution >= 0.6 is 11.6 Å². The standard InChI is InChI=1S/C14H16ClN3/c1-4-11-13(15)16-8-17-14(11)18-12-7-5-6-9(2)10(12)3/h5-8H,4H2,1-3H3,(H,16,17,18). The maximum Gasteiger partial charge on any atom is 0.138 e. The van der Waals surface area contributed by atoms with E-state index in [0.29, 0.717) is 5.15 Å². The lowest BCUT2D eigenvalue weighted by molar-refractivity contribution is 1.05. The van der Waals surface area contributed by atoms with Gasteiger partial charge in [-0.3, -0.25) is 0 Å². The Morgan fingerprint density at radius 1 is 1.22 bits per heavy atom. The molecule has 1 N–H and O–H groups in total. The Morgan fingerprint density at radius 3 is 2.72 bits per heavy atom. The molecule has 0 fully saturated rings. The van der Waals surface area contributed by atoms with Crippen molar-refractivity contribution in [1.29, 1.82) is 0 Å². The Balaban J connectivity index is 2.40. The second-order valence-electron chi connectivity index (χ2n) is 4.22. The molecule has 0 amide bonds. The topological polar surface area (TPSA) is 37.8 Å². The lowest BCUT2D eigenvalue weighted by Gasteiger charge is -2.13. The number of benzene rings is 1. The van der Waals surface area contributed by atoms with Gasteiger partial charge < -0.3 is 5.32 Å². The van der Waals surface area contributed by atoms with Gasteiger partial charge in [-0.15, -0.1) is 0 Å². The number of halogens is 1. The number of nitrogens with one attached hydrogen (secondary N) is 1. The van der Waals surface area contributed by atoms with E-state index in [2.05, 4.69) is 35.2 Å². The summed E-state index contributed by atoms with van der Waals surface area (Å²) in [5.41, 5.74) is 4.46. The number of hydrogen-bond donors (Lipinski definition) is 1. The van der Waals surface area contributed by atoms with Crippen LogP contribution in [0.2, 0.25) is 5.15 Å². The van der Waals surface area contributed by atoms with E-state index in [1.54, 1.807) is 0 Å². The van der Waals surface area contributed by atoms with E-state index in [0.717, 1.165) is 23.5 Å². The van der Waals surface area contributed by atoms with Gasteiger partial charge in [0, 0.05) is 11.3 Å². The number of anilines is 2. The van der Waals surface area contributed by atoms with E-state index < -0.39 is 0 Å². The molecule has 18 heavy (non-hydrogen) atoms. The SMILES string of the molecule is CCc1c(Cl)ncnc1Nc1cccc(C)c1C. The van der Waals surface area contributed by atoms with Crippen molar-refractivity contribution in [3.05, 3.63) is 46.4 Å². The van der Waals surface area contributed by atoms with Crippen molar-refractivity contribution in [2.24, 2.45) is 0 Å². The zero-order valence-electron chi connectivity index (χ0n) is 10.8. The molecule has 2 aromatic rings. The van der Waals surface area contributed by atoms with Crippen LogP contribution in [0.1, 0.15) is 23.6 Å². The van der Waals surface area contributed by atoms with Crippen LogP contribution in [0.25, 0.3) is 0 Å². The lowest BCUT2D eigenvalue weighted by atomic mass is 10.1. The third-order valence-corrected chi connectivity index (χ3v) is 3.43. The van der Waals surface area contributed by atoms with Crippen molar-refractivity contribution in [2.75, 3.05) is 5.32 Å². The molecular formula is C14H16ClN3. The largest absolute Gasteiger partial charge is 0.340 e. The summed E-state index contributed by atoms with van der Waals surface area (Å²) in [5.74, 6) is 0.784. The van der Waals surface area contributed by atoms with Gasteiger partial charge in [0.2, 0.25) is 0 Å². The molecule has 0 atom stereocenters. The van der Waals surface area contributed by atoms with Gasteiger partial charge in [0.05, 0.1) is 0 Å². The van der Waals surface area contributed by atoms with Crippen molar-refractivity contribution in [3.8, 4) is 0 Å². The van der Waals surface area contributed by atoms with E-state index in [9.17, 15) is 0 Å². The molecule has 4 heteroatoms. The fourth-order valence-corrected chi connectivity index (χ4v) is 2.09. The van der Waals surface area contributed by atoms with Crippen molar-refractivity contribution >= 4 is 23.1 Å². The van der Waals surface area contributed by atoms with Gasteiger partial charge >= 0.3 is 0 Å². The molecule has 94 valence electrons. The summed E-state index contributed by atoms with van der Waals surface area (Å²) < 4.78 is 0. The molecule has 1 aromatic heterocycles. The van der Waals surface area contributed by atoms with Crippen molar-refractivity contribution in [1.82, 2.24) is 9.97 Å². The molecule has 0 spiro atoms. The quantitative estimate of drug-likeness (QED) is 0.847. The minimum atomic E-state index is 0.514. The average Bonchev–Trinajstić information content (AvgIpc) is 2.35. The van der Waals surface area contributed by atoms with Crippen LogP contribution in [0.4, 0.5) is 11.5 Å². The Kier molecular flexibility index (Phi) is 3.82. The molecule has 0 aliphatic carbocycles. The number of rotatable bonds is 3. The lowest BCUT2D eigenvalue weighted by Crippen LogP contribution is -2.02. The fraction of sp³-hybridized carbons (Fsp3) is 0.286. The number of aromatic nitrogens is 2. The molecule has 0 saturated heterocycles. The molecular weight excluding hydrogens is 246 g/mol. The summed E-state index contributed by atoms with van der Waals surface area (Å²) in [4.78, 5) is 8.28. The smallest absolute Gasteiger partial charge is 0.138 e. The van der Waals surface area contributed by atoms with Gasteiger partial charge in [0.15, 0.2) is 0 Å². The Labute approximate surface area is 112 Å². The maximum absolute atomic E-state index is 6.08. The molecule has 0 bridgehead atoms. The number of nitrogens with zero attached hydrogens (tertiary/aromatic N) is 2. The fourth-order valence-electron chi connectivity index (χ4n) is 1.83. The van der Waals surface area contributed by atoms with Crippen molar-refractivity contribution < 1.29 is 0 Å². The highest BCUT2D eigenvalue weighted by atomic mass is 35.5. The van der Waals surface area contributed by atoms with Crippen LogP contribution in [0, 0.1) is 13.8 Å². The summed E-state index contributed by atoms with van der Waals surface area (Å²) in [7, 11) is 0. The van der Waals surface area contributed by atoms with Crippen LogP contribution in [0.3, 0.4) is 0 Å². The van der Waals surface area contributed by atoms with E-state index in [-0.39, 0.29) is 0 Å². The van der Waals surface area contributed by atoms with Gasteiger partial charge in [-0.1, -0.05) is 30.7 Å². The summed E-state index contributed by atoms with van der Waals surface area (Å²) in [5, 5.41) is 3.85. The summed E-state index contributed by atoms with van der Waals surface area (Å²) in [6, 6.07) is 6.16. The van der Waals surface area contributed by atoms with Gasteiger partial charge in [-0.25, -0.2) is 9.97 Å². The Morgan fingerprint density at radius 2 is 2.00 bits per heavy atom. The molecule has 1 heterocycles. The van der Waals surface area contributed by atoms with E-state index in [1.807, 2.05) is 19.1 Å². The second-order valence-corrected chi connectivity index (χ2v) is 4.58. The third-order valence-electron chi connectivity index (χ3n) is 3.10. The predicted octanol–water partition coefficient (Wildman–Crippen LogP) is 4.05. The van der Waals surface area contributed by atoms with Gasteiger partial charge in [0.25, 0.3) is 0 Å². The van der Waals surface area contributed by atoms with Crippen molar-refractivity contribution in [3.63, 3.8) is 0 Å². The third kappa shape index (κ3) is 2.46. The highest BCUT2D eigenvalue weighted by Crippen LogP contribution is 2.26. The molecule has 0 aliphatic heterocycles. The normalized spacial score (nSPS) is 10.4. The first-order chi connectivity index (χ1) is 8.63. The van der Waals surface area contributed by atoms with Gasteiger partial charge in [-0.2, -0.15) is 0 Å². The summed E-state index contributed by atoms with van der Waals surface area (Å²) in [6.07, 6.45) is 2.28. The Hall–Kier alpha value is -1.61. The number of aryl methyl sites for hydroxylation is 1. The first-order valence-electron chi connectivity index (χ1n) is 5.96. The zero-order valence-corrected chi connectivity index (χ0v) is 11.5. The minimum Gasteiger partial charge on any atom is -0.340 e. The van der Waals surface area contributed by atoms with Crippen LogP contribution in [0.15, 0.2) is 24.5 Å². The highest BCUT2D eigenvalue weighted by Gasteiger charge is 2.09. The van der Waals surface area contributed by atoms with E-state index >= 15 is 0 Å². The summed E-state index contributed by atoms with van der Waals surface area (Å²) >= 11 is 6.08. The second kappa shape index (κ2) is 5.36. The van der Waals surface area contributed by atoms with Crippen LogP contribution in [-0.4, -0.2) is 9.97 Å². The molecule has 3 nitrogen and oxygen atoms in total. The molecule has 0 unspecified atom stereocenters. The van der Waals surface area contributed by atoms with Gasteiger partial charge in [0.1, 0.15) is 17.3 Å². The monoisotopic (exact) mass is 261 g/mol.